The van der Waals surface area contributed by atoms with Gasteiger partial charge < -0.3 is 4.74 Å². The van der Waals surface area contributed by atoms with E-state index in [0.717, 1.165) is 20.3 Å². The normalized spacial score (nSPS) is 10.6. The van der Waals surface area contributed by atoms with Crippen molar-refractivity contribution in [3.63, 3.8) is 0 Å². The number of carbonyl (C=O) groups excluding carboxylic acids is 1. The maximum Gasteiger partial charge on any atom is 0.271 e. The van der Waals surface area contributed by atoms with Crippen LogP contribution in [0.25, 0.3) is 0 Å². The Balaban J connectivity index is 2.00. The van der Waals surface area contributed by atoms with Gasteiger partial charge in [0.15, 0.2) is 0 Å². The topological polar surface area (TPSA) is 50.7 Å². The van der Waals surface area contributed by atoms with Crippen molar-refractivity contribution in [1.82, 2.24) is 5.43 Å². The second-order valence-corrected chi connectivity index (χ2v) is 5.87. The van der Waals surface area contributed by atoms with Crippen molar-refractivity contribution in [2.75, 3.05) is 7.11 Å². The molecular weight excluding hydrogens is 400 g/mol. The molecule has 0 fully saturated rings. The fourth-order valence-corrected chi connectivity index (χ4v) is 2.42. The van der Waals surface area contributed by atoms with Gasteiger partial charge in [0, 0.05) is 10.0 Å². The molecule has 0 aromatic heterocycles. The molecule has 2 rings (SSSR count). The van der Waals surface area contributed by atoms with E-state index in [2.05, 4.69) is 42.4 Å². The summed E-state index contributed by atoms with van der Waals surface area (Å²) in [6.45, 7) is 0. The van der Waals surface area contributed by atoms with Crippen LogP contribution in [0.15, 0.2) is 56.5 Å². The quantitative estimate of drug-likeness (QED) is 0.610. The van der Waals surface area contributed by atoms with E-state index in [1.807, 2.05) is 18.2 Å². The largest absolute Gasteiger partial charge is 0.496 e. The molecule has 0 aliphatic carbocycles. The molecule has 0 saturated heterocycles. The average molecular weight is 412 g/mol. The summed E-state index contributed by atoms with van der Waals surface area (Å²) < 4.78 is 6.89. The van der Waals surface area contributed by atoms with E-state index in [1.165, 1.54) is 0 Å². The third kappa shape index (κ3) is 4.41. The van der Waals surface area contributed by atoms with E-state index in [9.17, 15) is 4.79 Å². The van der Waals surface area contributed by atoms with Gasteiger partial charge in [0.05, 0.1) is 17.8 Å². The van der Waals surface area contributed by atoms with Crippen LogP contribution in [0.4, 0.5) is 0 Å². The Labute approximate surface area is 139 Å². The number of nitrogens with one attached hydrogen (secondary N) is 1. The Kier molecular flexibility index (Phi) is 5.52. The van der Waals surface area contributed by atoms with Gasteiger partial charge in [-0.1, -0.05) is 15.9 Å². The lowest BCUT2D eigenvalue weighted by molar-refractivity contribution is 0.0955. The van der Waals surface area contributed by atoms with Crippen molar-refractivity contribution in [3.8, 4) is 5.75 Å². The lowest BCUT2D eigenvalue weighted by atomic mass is 10.2. The number of halogens is 2. The monoisotopic (exact) mass is 410 g/mol. The third-order valence-electron chi connectivity index (χ3n) is 2.66. The summed E-state index contributed by atoms with van der Waals surface area (Å²) in [7, 11) is 1.60. The van der Waals surface area contributed by atoms with Crippen LogP contribution < -0.4 is 10.2 Å². The first-order valence-corrected chi connectivity index (χ1v) is 7.61. The molecule has 0 aliphatic heterocycles. The molecule has 1 amide bonds. The number of hydrazone groups is 1. The second kappa shape index (κ2) is 7.38. The van der Waals surface area contributed by atoms with Gasteiger partial charge in [0.2, 0.25) is 0 Å². The Hall–Kier alpha value is -1.66. The molecule has 0 atom stereocenters. The lowest BCUT2D eigenvalue weighted by Gasteiger charge is -2.03. The Morgan fingerprint density at radius 3 is 2.52 bits per heavy atom. The van der Waals surface area contributed by atoms with Crippen molar-refractivity contribution < 1.29 is 9.53 Å². The van der Waals surface area contributed by atoms with Crippen molar-refractivity contribution in [1.29, 1.82) is 0 Å². The van der Waals surface area contributed by atoms with E-state index in [4.69, 9.17) is 4.74 Å². The molecule has 21 heavy (non-hydrogen) atoms. The van der Waals surface area contributed by atoms with Gasteiger partial charge in [-0.3, -0.25) is 4.79 Å². The van der Waals surface area contributed by atoms with Crippen LogP contribution in [0.3, 0.4) is 0 Å². The van der Waals surface area contributed by atoms with E-state index in [1.54, 1.807) is 37.6 Å². The highest BCUT2D eigenvalue weighted by atomic mass is 79.9. The zero-order valence-corrected chi connectivity index (χ0v) is 14.3. The molecule has 6 heteroatoms. The summed E-state index contributed by atoms with van der Waals surface area (Å²) in [5.41, 5.74) is 3.88. The summed E-state index contributed by atoms with van der Waals surface area (Å²) in [5, 5.41) is 3.94. The van der Waals surface area contributed by atoms with Crippen LogP contribution in [0.5, 0.6) is 5.75 Å². The van der Waals surface area contributed by atoms with Gasteiger partial charge >= 0.3 is 0 Å². The van der Waals surface area contributed by atoms with Crippen molar-refractivity contribution in [3.05, 3.63) is 62.5 Å². The van der Waals surface area contributed by atoms with Gasteiger partial charge in [0.25, 0.3) is 5.91 Å². The summed E-state index contributed by atoms with van der Waals surface area (Å²) in [4.78, 5) is 11.8. The number of ether oxygens (including phenoxy) is 1. The molecule has 108 valence electrons. The molecule has 0 radical (unpaired) electrons. The first-order valence-electron chi connectivity index (χ1n) is 6.02. The number of rotatable bonds is 4. The fraction of sp³-hybridized carbons (Fsp3) is 0.0667. The molecule has 1 N–H and O–H groups in total. The number of hydrogen-bond donors (Lipinski definition) is 1. The number of methoxy groups -OCH3 is 1. The number of amides is 1. The molecule has 0 aliphatic rings. The van der Waals surface area contributed by atoms with Gasteiger partial charge in [-0.2, -0.15) is 5.10 Å². The van der Waals surface area contributed by atoms with E-state index in [-0.39, 0.29) is 5.91 Å². The highest BCUT2D eigenvalue weighted by molar-refractivity contribution is 9.10. The first-order chi connectivity index (χ1) is 10.1. The smallest absolute Gasteiger partial charge is 0.271 e. The van der Waals surface area contributed by atoms with E-state index < -0.39 is 0 Å². The zero-order chi connectivity index (χ0) is 15.2. The van der Waals surface area contributed by atoms with Crippen molar-refractivity contribution >= 4 is 44.0 Å². The van der Waals surface area contributed by atoms with Gasteiger partial charge in [0.1, 0.15) is 5.75 Å². The Bertz CT molecular complexity index is 670. The summed E-state index contributed by atoms with van der Waals surface area (Å²) in [6, 6.07) is 12.6. The predicted molar refractivity (Wildman–Crippen MR) is 89.9 cm³/mol. The maximum atomic E-state index is 11.8. The van der Waals surface area contributed by atoms with Gasteiger partial charge in [-0.25, -0.2) is 5.43 Å². The summed E-state index contributed by atoms with van der Waals surface area (Å²) >= 11 is 6.71. The van der Waals surface area contributed by atoms with Gasteiger partial charge in [-0.05, 0) is 64.0 Å². The van der Waals surface area contributed by atoms with Crippen LogP contribution >= 0.6 is 31.9 Å². The minimum atomic E-state index is -0.258. The fourth-order valence-electron chi connectivity index (χ4n) is 1.59. The molecule has 0 heterocycles. The van der Waals surface area contributed by atoms with Crippen molar-refractivity contribution in [2.45, 2.75) is 0 Å². The Morgan fingerprint density at radius 1 is 1.19 bits per heavy atom. The minimum absolute atomic E-state index is 0.258. The second-order valence-electron chi connectivity index (χ2n) is 4.10. The van der Waals surface area contributed by atoms with E-state index >= 15 is 0 Å². The minimum Gasteiger partial charge on any atom is -0.496 e. The highest BCUT2D eigenvalue weighted by Crippen LogP contribution is 2.24. The van der Waals surface area contributed by atoms with Crippen LogP contribution in [0, 0.1) is 0 Å². The molecule has 0 spiro atoms. The molecule has 4 nitrogen and oxygen atoms in total. The standard InChI is InChI=1S/C15H12Br2N2O2/c1-21-14-7-2-10(8-13(14)17)9-18-19-15(20)11-3-5-12(16)6-4-11/h2-9H,1H3,(H,19,20)/b18-9+. The van der Waals surface area contributed by atoms with E-state index in [0.29, 0.717) is 5.56 Å². The predicted octanol–water partition coefficient (Wildman–Crippen LogP) is 3.98. The molecule has 0 bridgehead atoms. The van der Waals surface area contributed by atoms with Crippen LogP contribution in [-0.4, -0.2) is 19.2 Å². The number of hydrogen-bond acceptors (Lipinski definition) is 3. The molecule has 2 aromatic rings. The molecular formula is C15H12Br2N2O2. The molecule has 2 aromatic carbocycles. The Morgan fingerprint density at radius 2 is 1.90 bits per heavy atom. The lowest BCUT2D eigenvalue weighted by Crippen LogP contribution is -2.17. The maximum absolute atomic E-state index is 11.8. The van der Waals surface area contributed by atoms with Crippen LogP contribution in [0.2, 0.25) is 0 Å². The summed E-state index contributed by atoms with van der Waals surface area (Å²) in [6.07, 6.45) is 1.57. The number of carbonyl (C=O) groups is 1. The van der Waals surface area contributed by atoms with Crippen LogP contribution in [-0.2, 0) is 0 Å². The number of benzene rings is 2. The SMILES string of the molecule is COc1ccc(/C=N/NC(=O)c2ccc(Br)cc2)cc1Br. The average Bonchev–Trinajstić information content (AvgIpc) is 2.48. The molecule has 0 saturated carbocycles. The highest BCUT2D eigenvalue weighted by Gasteiger charge is 2.03. The first kappa shape index (κ1) is 15.7. The van der Waals surface area contributed by atoms with Crippen LogP contribution in [0.1, 0.15) is 15.9 Å². The van der Waals surface area contributed by atoms with Crippen molar-refractivity contribution in [2.24, 2.45) is 5.10 Å². The summed E-state index contributed by atoms with van der Waals surface area (Å²) in [5.74, 6) is 0.484. The number of nitrogens with zero attached hydrogens (tertiary/aromatic N) is 1. The van der Waals surface area contributed by atoms with Gasteiger partial charge in [-0.15, -0.1) is 0 Å². The third-order valence-corrected chi connectivity index (χ3v) is 3.81. The molecule has 0 unspecified atom stereocenters. The zero-order valence-electron chi connectivity index (χ0n) is 11.1.